The normalized spacial score (nSPS) is 15.8. The van der Waals surface area contributed by atoms with Crippen molar-refractivity contribution in [2.24, 2.45) is 7.05 Å². The maximum Gasteiger partial charge on any atom is 0.259 e. The maximum absolute atomic E-state index is 12.9. The molecule has 0 unspecified atom stereocenters. The van der Waals surface area contributed by atoms with Crippen LogP contribution in [0.1, 0.15) is 21.6 Å². The van der Waals surface area contributed by atoms with Crippen molar-refractivity contribution >= 4 is 11.6 Å². The molecule has 25 heavy (non-hydrogen) atoms. The van der Waals surface area contributed by atoms with E-state index in [0.29, 0.717) is 5.56 Å². The first-order valence-corrected chi connectivity index (χ1v) is 8.54. The van der Waals surface area contributed by atoms with Crippen LogP contribution >= 0.6 is 0 Å². The lowest BCUT2D eigenvalue weighted by atomic mass is 10.2. The van der Waals surface area contributed by atoms with Crippen molar-refractivity contribution in [3.05, 3.63) is 53.7 Å². The predicted molar refractivity (Wildman–Crippen MR) is 94.3 cm³/mol. The molecule has 7 nitrogen and oxygen atoms in total. The molecular formula is C18H22N6O. The van der Waals surface area contributed by atoms with Gasteiger partial charge in [-0.25, -0.2) is 4.52 Å². The second-order valence-electron chi connectivity index (χ2n) is 6.57. The molecule has 0 aliphatic carbocycles. The highest BCUT2D eigenvalue weighted by atomic mass is 16.2. The van der Waals surface area contributed by atoms with Gasteiger partial charge < -0.3 is 9.47 Å². The largest absolute Gasteiger partial charge is 0.336 e. The zero-order valence-corrected chi connectivity index (χ0v) is 14.6. The number of amides is 1. The van der Waals surface area contributed by atoms with Gasteiger partial charge in [0.1, 0.15) is 11.2 Å². The zero-order chi connectivity index (χ0) is 17.4. The SMILES string of the molecule is Cc1cccnc1CN1CCN(C(=O)c2cnn3ccn(C)c23)CC1. The Kier molecular flexibility index (Phi) is 4.01. The van der Waals surface area contributed by atoms with Gasteiger partial charge in [0.2, 0.25) is 0 Å². The fourth-order valence-electron chi connectivity index (χ4n) is 3.38. The first kappa shape index (κ1) is 15.8. The third kappa shape index (κ3) is 2.91. The molecule has 0 N–H and O–H groups in total. The van der Waals surface area contributed by atoms with Crippen LogP contribution < -0.4 is 0 Å². The molecule has 7 heteroatoms. The number of carbonyl (C=O) groups excluding carboxylic acids is 1. The molecule has 1 amide bonds. The number of hydrogen-bond donors (Lipinski definition) is 0. The zero-order valence-electron chi connectivity index (χ0n) is 14.6. The average Bonchev–Trinajstić information content (AvgIpc) is 3.20. The van der Waals surface area contributed by atoms with E-state index < -0.39 is 0 Å². The monoisotopic (exact) mass is 338 g/mol. The van der Waals surface area contributed by atoms with Crippen LogP contribution in [0.2, 0.25) is 0 Å². The Morgan fingerprint density at radius 1 is 1.20 bits per heavy atom. The summed E-state index contributed by atoms with van der Waals surface area (Å²) in [6.07, 6.45) is 7.28. The lowest BCUT2D eigenvalue weighted by Gasteiger charge is -2.34. The number of hydrogen-bond acceptors (Lipinski definition) is 4. The molecule has 1 saturated heterocycles. The van der Waals surface area contributed by atoms with Gasteiger partial charge in [0.25, 0.3) is 5.91 Å². The molecule has 0 spiro atoms. The number of rotatable bonds is 3. The molecule has 4 heterocycles. The van der Waals surface area contributed by atoms with Gasteiger partial charge in [-0.05, 0) is 18.6 Å². The van der Waals surface area contributed by atoms with Crippen LogP contribution in [0.3, 0.4) is 0 Å². The van der Waals surface area contributed by atoms with E-state index in [1.54, 1.807) is 10.7 Å². The van der Waals surface area contributed by atoms with Crippen LogP contribution in [0.25, 0.3) is 5.65 Å². The van der Waals surface area contributed by atoms with E-state index in [0.717, 1.165) is 44.1 Å². The van der Waals surface area contributed by atoms with E-state index in [1.807, 2.05) is 41.2 Å². The third-order valence-corrected chi connectivity index (χ3v) is 4.92. The minimum Gasteiger partial charge on any atom is -0.336 e. The topological polar surface area (TPSA) is 58.7 Å². The van der Waals surface area contributed by atoms with Crippen molar-refractivity contribution in [3.8, 4) is 0 Å². The van der Waals surface area contributed by atoms with Crippen molar-refractivity contribution in [1.82, 2.24) is 29.0 Å². The summed E-state index contributed by atoms with van der Waals surface area (Å²) >= 11 is 0. The van der Waals surface area contributed by atoms with Crippen molar-refractivity contribution in [2.45, 2.75) is 13.5 Å². The maximum atomic E-state index is 12.9. The number of fused-ring (bicyclic) bond motifs is 1. The second-order valence-corrected chi connectivity index (χ2v) is 6.57. The molecule has 0 bridgehead atoms. The van der Waals surface area contributed by atoms with Gasteiger partial charge in [0, 0.05) is 58.4 Å². The lowest BCUT2D eigenvalue weighted by molar-refractivity contribution is 0.0628. The Bertz CT molecular complexity index is 903. The van der Waals surface area contributed by atoms with E-state index in [1.165, 1.54) is 5.56 Å². The Balaban J connectivity index is 1.42. The van der Waals surface area contributed by atoms with Gasteiger partial charge in [0.15, 0.2) is 0 Å². The van der Waals surface area contributed by atoms with E-state index in [-0.39, 0.29) is 5.91 Å². The molecule has 1 aliphatic rings. The van der Waals surface area contributed by atoms with E-state index in [9.17, 15) is 4.79 Å². The number of aromatic nitrogens is 4. The van der Waals surface area contributed by atoms with Crippen molar-refractivity contribution in [2.75, 3.05) is 26.2 Å². The first-order valence-electron chi connectivity index (χ1n) is 8.54. The molecular weight excluding hydrogens is 316 g/mol. The van der Waals surface area contributed by atoms with Crippen molar-refractivity contribution in [3.63, 3.8) is 0 Å². The van der Waals surface area contributed by atoms with Crippen LogP contribution in [0, 0.1) is 6.92 Å². The highest BCUT2D eigenvalue weighted by Crippen LogP contribution is 2.16. The van der Waals surface area contributed by atoms with E-state index in [2.05, 4.69) is 28.0 Å². The average molecular weight is 338 g/mol. The highest BCUT2D eigenvalue weighted by Gasteiger charge is 2.25. The number of piperazine rings is 1. The molecule has 130 valence electrons. The van der Waals surface area contributed by atoms with Crippen LogP contribution in [0.4, 0.5) is 0 Å². The van der Waals surface area contributed by atoms with E-state index >= 15 is 0 Å². The van der Waals surface area contributed by atoms with E-state index in [4.69, 9.17) is 0 Å². The number of pyridine rings is 1. The van der Waals surface area contributed by atoms with Crippen molar-refractivity contribution in [1.29, 1.82) is 0 Å². The molecule has 3 aromatic rings. The summed E-state index contributed by atoms with van der Waals surface area (Å²) in [7, 11) is 1.93. The number of nitrogens with zero attached hydrogens (tertiary/aromatic N) is 6. The molecule has 1 aliphatic heterocycles. The van der Waals surface area contributed by atoms with Crippen LogP contribution in [-0.2, 0) is 13.6 Å². The molecule has 4 rings (SSSR count). The Hall–Kier alpha value is -2.67. The van der Waals surface area contributed by atoms with Gasteiger partial charge in [0.05, 0.1) is 11.9 Å². The number of aryl methyl sites for hydroxylation is 2. The summed E-state index contributed by atoms with van der Waals surface area (Å²) in [4.78, 5) is 21.6. The van der Waals surface area contributed by atoms with Gasteiger partial charge in [-0.1, -0.05) is 6.07 Å². The molecule has 0 atom stereocenters. The van der Waals surface area contributed by atoms with Crippen LogP contribution in [-0.4, -0.2) is 61.1 Å². The van der Waals surface area contributed by atoms with Gasteiger partial charge in [-0.15, -0.1) is 0 Å². The summed E-state index contributed by atoms with van der Waals surface area (Å²) in [6, 6.07) is 4.05. The third-order valence-electron chi connectivity index (χ3n) is 4.92. The van der Waals surface area contributed by atoms with Gasteiger partial charge in [-0.3, -0.25) is 14.7 Å². The fourth-order valence-corrected chi connectivity index (χ4v) is 3.38. The molecule has 0 radical (unpaired) electrons. The smallest absolute Gasteiger partial charge is 0.259 e. The van der Waals surface area contributed by atoms with Gasteiger partial charge >= 0.3 is 0 Å². The lowest BCUT2D eigenvalue weighted by Crippen LogP contribution is -2.48. The standard InChI is InChI=1S/C18H22N6O/c1-14-4-3-5-19-16(14)13-22-7-9-23(10-8-22)18(25)15-12-20-24-11-6-21(2)17(15)24/h3-6,11-12H,7-10,13H2,1-2H3. The van der Waals surface area contributed by atoms with Crippen LogP contribution in [0.5, 0.6) is 0 Å². The Morgan fingerprint density at radius 2 is 2.00 bits per heavy atom. The Labute approximate surface area is 146 Å². The Morgan fingerprint density at radius 3 is 2.76 bits per heavy atom. The number of carbonyl (C=O) groups is 1. The molecule has 3 aromatic heterocycles. The molecule has 0 saturated carbocycles. The van der Waals surface area contributed by atoms with Crippen molar-refractivity contribution < 1.29 is 4.79 Å². The van der Waals surface area contributed by atoms with Crippen LogP contribution in [0.15, 0.2) is 36.9 Å². The molecule has 1 fully saturated rings. The summed E-state index contributed by atoms with van der Waals surface area (Å²) in [5, 5.41) is 4.27. The number of imidazole rings is 1. The quantitative estimate of drug-likeness (QED) is 0.723. The summed E-state index contributed by atoms with van der Waals surface area (Å²) in [6.45, 7) is 6.11. The molecule has 0 aromatic carbocycles. The van der Waals surface area contributed by atoms with Gasteiger partial charge in [-0.2, -0.15) is 5.10 Å². The minimum atomic E-state index is 0.0606. The summed E-state index contributed by atoms with van der Waals surface area (Å²) < 4.78 is 3.67. The summed E-state index contributed by atoms with van der Waals surface area (Å²) in [5.41, 5.74) is 3.84. The predicted octanol–water partition coefficient (Wildman–Crippen LogP) is 1.33. The minimum absolute atomic E-state index is 0.0606. The fraction of sp³-hybridized carbons (Fsp3) is 0.389. The second kappa shape index (κ2) is 6.33. The first-order chi connectivity index (χ1) is 12.1. The highest BCUT2D eigenvalue weighted by molar-refractivity contribution is 5.99. The summed E-state index contributed by atoms with van der Waals surface area (Å²) in [5.74, 6) is 0.0606.